The SMILES string of the molecule is O=[N+]([O-])c1ccc(Br)c2ccnc(Cl)c12. The Morgan fingerprint density at radius 2 is 2.13 bits per heavy atom. The molecule has 0 atom stereocenters. The molecule has 1 heterocycles. The lowest BCUT2D eigenvalue weighted by molar-refractivity contribution is -0.383. The molecule has 0 fully saturated rings. The normalized spacial score (nSPS) is 10.5. The number of benzene rings is 1. The molecule has 0 aliphatic rings. The van der Waals surface area contributed by atoms with Gasteiger partial charge in [-0.1, -0.05) is 27.5 Å². The lowest BCUT2D eigenvalue weighted by Crippen LogP contribution is -1.91. The minimum absolute atomic E-state index is 0.0358. The maximum atomic E-state index is 10.8. The summed E-state index contributed by atoms with van der Waals surface area (Å²) < 4.78 is 0.757. The highest BCUT2D eigenvalue weighted by Crippen LogP contribution is 2.34. The molecule has 6 heteroatoms. The molecule has 0 spiro atoms. The fourth-order valence-corrected chi connectivity index (χ4v) is 2.07. The van der Waals surface area contributed by atoms with Gasteiger partial charge in [-0.15, -0.1) is 0 Å². The first kappa shape index (κ1) is 10.3. The summed E-state index contributed by atoms with van der Waals surface area (Å²) in [5, 5.41) is 12.0. The van der Waals surface area contributed by atoms with Gasteiger partial charge in [0.25, 0.3) is 5.69 Å². The standard InChI is InChI=1S/C9H4BrClN2O2/c10-6-1-2-7(13(14)15)8-5(6)3-4-12-9(8)11/h1-4H. The molecule has 1 aromatic heterocycles. The third-order valence-electron chi connectivity index (χ3n) is 2.00. The number of aromatic nitrogens is 1. The Morgan fingerprint density at radius 3 is 2.80 bits per heavy atom. The first-order valence-electron chi connectivity index (χ1n) is 3.98. The Balaban J connectivity index is 2.96. The zero-order valence-corrected chi connectivity index (χ0v) is 9.62. The van der Waals surface area contributed by atoms with E-state index in [0.29, 0.717) is 10.8 Å². The van der Waals surface area contributed by atoms with Crippen molar-refractivity contribution < 1.29 is 4.92 Å². The lowest BCUT2D eigenvalue weighted by atomic mass is 10.1. The molecule has 0 radical (unpaired) electrons. The number of hydrogen-bond donors (Lipinski definition) is 0. The van der Waals surface area contributed by atoms with Crippen LogP contribution in [0.4, 0.5) is 5.69 Å². The molecule has 1 aromatic carbocycles. The molecular weight excluding hydrogens is 283 g/mol. The number of rotatable bonds is 1. The summed E-state index contributed by atoms with van der Waals surface area (Å²) >= 11 is 9.15. The van der Waals surface area contributed by atoms with E-state index in [1.807, 2.05) is 0 Å². The van der Waals surface area contributed by atoms with Gasteiger partial charge in [-0.25, -0.2) is 4.98 Å². The highest BCUT2D eigenvalue weighted by Gasteiger charge is 2.16. The van der Waals surface area contributed by atoms with Crippen molar-refractivity contribution in [1.29, 1.82) is 0 Å². The van der Waals surface area contributed by atoms with Gasteiger partial charge in [0.2, 0.25) is 0 Å². The molecule has 15 heavy (non-hydrogen) atoms. The van der Waals surface area contributed by atoms with E-state index in [-0.39, 0.29) is 10.8 Å². The number of fused-ring (bicyclic) bond motifs is 1. The van der Waals surface area contributed by atoms with Crippen LogP contribution in [0.25, 0.3) is 10.8 Å². The minimum atomic E-state index is -0.470. The molecular formula is C9H4BrClN2O2. The maximum Gasteiger partial charge on any atom is 0.280 e. The van der Waals surface area contributed by atoms with Crippen LogP contribution in [0, 0.1) is 10.1 Å². The number of non-ortho nitro benzene ring substituents is 1. The summed E-state index contributed by atoms with van der Waals surface area (Å²) in [5.41, 5.74) is -0.0358. The molecule has 0 aliphatic carbocycles. The minimum Gasteiger partial charge on any atom is -0.258 e. The number of halogens is 2. The number of pyridine rings is 1. The van der Waals surface area contributed by atoms with Crippen LogP contribution >= 0.6 is 27.5 Å². The molecule has 4 nitrogen and oxygen atoms in total. The second-order valence-electron chi connectivity index (χ2n) is 2.85. The van der Waals surface area contributed by atoms with Crippen LogP contribution in [0.5, 0.6) is 0 Å². The lowest BCUT2D eigenvalue weighted by Gasteiger charge is -2.02. The molecule has 0 N–H and O–H groups in total. The predicted octanol–water partition coefficient (Wildman–Crippen LogP) is 3.56. The second kappa shape index (κ2) is 3.75. The van der Waals surface area contributed by atoms with E-state index < -0.39 is 4.92 Å². The van der Waals surface area contributed by atoms with Crippen LogP contribution in [0.15, 0.2) is 28.9 Å². The van der Waals surface area contributed by atoms with Crippen molar-refractivity contribution in [1.82, 2.24) is 4.98 Å². The van der Waals surface area contributed by atoms with Gasteiger partial charge in [0.1, 0.15) is 5.15 Å². The largest absolute Gasteiger partial charge is 0.280 e. The van der Waals surface area contributed by atoms with E-state index in [0.717, 1.165) is 4.47 Å². The molecule has 0 saturated carbocycles. The summed E-state index contributed by atoms with van der Waals surface area (Å²) in [4.78, 5) is 14.1. The summed E-state index contributed by atoms with van der Waals surface area (Å²) in [7, 11) is 0. The van der Waals surface area contributed by atoms with Gasteiger partial charge in [-0.05, 0) is 12.1 Å². The van der Waals surface area contributed by atoms with Crippen molar-refractivity contribution in [2.45, 2.75) is 0 Å². The molecule has 0 amide bonds. The Kier molecular flexibility index (Phi) is 2.58. The van der Waals surface area contributed by atoms with Gasteiger partial charge in [0.15, 0.2) is 0 Å². The van der Waals surface area contributed by atoms with Crippen LogP contribution in [0.1, 0.15) is 0 Å². The van der Waals surface area contributed by atoms with Crippen molar-refractivity contribution in [2.75, 3.05) is 0 Å². The van der Waals surface area contributed by atoms with Crippen molar-refractivity contribution in [3.05, 3.63) is 44.1 Å². The molecule has 2 aromatic rings. The number of nitro benzene ring substituents is 1. The van der Waals surface area contributed by atoms with E-state index >= 15 is 0 Å². The number of nitro groups is 1. The van der Waals surface area contributed by atoms with Crippen LogP contribution in [0.2, 0.25) is 5.15 Å². The molecule has 2 rings (SSSR count). The van der Waals surface area contributed by atoms with Crippen molar-refractivity contribution >= 4 is 44.0 Å². The van der Waals surface area contributed by atoms with Crippen LogP contribution < -0.4 is 0 Å². The van der Waals surface area contributed by atoms with Gasteiger partial charge < -0.3 is 0 Å². The monoisotopic (exact) mass is 286 g/mol. The van der Waals surface area contributed by atoms with Crippen LogP contribution in [-0.4, -0.2) is 9.91 Å². The quantitative estimate of drug-likeness (QED) is 0.458. The third kappa shape index (κ3) is 1.68. The number of nitrogens with zero attached hydrogens (tertiary/aromatic N) is 2. The van der Waals surface area contributed by atoms with E-state index in [1.165, 1.54) is 12.3 Å². The first-order valence-corrected chi connectivity index (χ1v) is 5.15. The Hall–Kier alpha value is -1.20. The van der Waals surface area contributed by atoms with Gasteiger partial charge in [-0.3, -0.25) is 10.1 Å². The van der Waals surface area contributed by atoms with Crippen LogP contribution in [0.3, 0.4) is 0 Å². The van der Waals surface area contributed by atoms with E-state index in [4.69, 9.17) is 11.6 Å². The zero-order valence-electron chi connectivity index (χ0n) is 7.28. The van der Waals surface area contributed by atoms with Gasteiger partial charge >= 0.3 is 0 Å². The first-order chi connectivity index (χ1) is 7.11. The zero-order chi connectivity index (χ0) is 11.0. The summed E-state index contributed by atoms with van der Waals surface area (Å²) in [6.45, 7) is 0. The summed E-state index contributed by atoms with van der Waals surface area (Å²) in [6.07, 6.45) is 1.51. The molecule has 76 valence electrons. The van der Waals surface area contributed by atoms with Gasteiger partial charge in [0.05, 0.1) is 10.3 Å². The van der Waals surface area contributed by atoms with E-state index in [2.05, 4.69) is 20.9 Å². The van der Waals surface area contributed by atoms with Crippen molar-refractivity contribution in [3.8, 4) is 0 Å². The molecule has 0 saturated heterocycles. The maximum absolute atomic E-state index is 10.8. The fourth-order valence-electron chi connectivity index (χ4n) is 1.36. The molecule has 0 aliphatic heterocycles. The topological polar surface area (TPSA) is 56.0 Å². The Morgan fingerprint density at radius 1 is 1.40 bits per heavy atom. The Bertz CT molecular complexity index is 559. The second-order valence-corrected chi connectivity index (χ2v) is 4.06. The highest BCUT2D eigenvalue weighted by molar-refractivity contribution is 9.10. The Labute approximate surface area is 98.2 Å². The smallest absolute Gasteiger partial charge is 0.258 e. The van der Waals surface area contributed by atoms with Crippen molar-refractivity contribution in [2.24, 2.45) is 0 Å². The molecule has 0 bridgehead atoms. The highest BCUT2D eigenvalue weighted by atomic mass is 79.9. The van der Waals surface area contributed by atoms with E-state index in [9.17, 15) is 10.1 Å². The predicted molar refractivity (Wildman–Crippen MR) is 61.1 cm³/mol. The third-order valence-corrected chi connectivity index (χ3v) is 2.98. The molecule has 0 unspecified atom stereocenters. The van der Waals surface area contributed by atoms with E-state index in [1.54, 1.807) is 12.1 Å². The van der Waals surface area contributed by atoms with Gasteiger partial charge in [0, 0.05) is 22.1 Å². The number of hydrogen-bond acceptors (Lipinski definition) is 3. The average Bonchev–Trinajstić information content (AvgIpc) is 2.19. The summed E-state index contributed by atoms with van der Waals surface area (Å²) in [6, 6.07) is 4.70. The summed E-state index contributed by atoms with van der Waals surface area (Å²) in [5.74, 6) is 0. The fraction of sp³-hybridized carbons (Fsp3) is 0. The van der Waals surface area contributed by atoms with Crippen LogP contribution in [-0.2, 0) is 0 Å². The van der Waals surface area contributed by atoms with Gasteiger partial charge in [-0.2, -0.15) is 0 Å². The van der Waals surface area contributed by atoms with Crippen molar-refractivity contribution in [3.63, 3.8) is 0 Å². The average molecular weight is 288 g/mol.